The van der Waals surface area contributed by atoms with Crippen LogP contribution in [0.3, 0.4) is 0 Å². The van der Waals surface area contributed by atoms with Crippen LogP contribution in [0.15, 0.2) is 42.5 Å². The molecule has 3 nitrogen and oxygen atoms in total. The number of nitrogens with two attached hydrogens (primary N) is 1. The fourth-order valence-corrected chi connectivity index (χ4v) is 1.60. The van der Waals surface area contributed by atoms with Crippen molar-refractivity contribution in [3.63, 3.8) is 0 Å². The molecule has 0 saturated carbocycles. The molecule has 0 fully saturated rings. The Kier molecular flexibility index (Phi) is 3.90. The van der Waals surface area contributed by atoms with Crippen molar-refractivity contribution in [2.45, 2.75) is 20.0 Å². The van der Waals surface area contributed by atoms with Crippen LogP contribution in [0.1, 0.15) is 13.8 Å². The lowest BCUT2D eigenvalue weighted by Gasteiger charge is -2.13. The molecule has 0 saturated heterocycles. The molecule has 0 atom stereocenters. The van der Waals surface area contributed by atoms with Crippen molar-refractivity contribution in [3.05, 3.63) is 48.3 Å². The number of hydrogen-bond donors (Lipinski definition) is 1. The van der Waals surface area contributed by atoms with Crippen LogP contribution in [-0.2, 0) is 0 Å². The van der Waals surface area contributed by atoms with Crippen molar-refractivity contribution < 1.29 is 13.9 Å². The molecular formula is C15H16FNO2. The fraction of sp³-hybridized carbons (Fsp3) is 0.200. The normalized spacial score (nSPS) is 10.5. The summed E-state index contributed by atoms with van der Waals surface area (Å²) >= 11 is 0. The van der Waals surface area contributed by atoms with E-state index in [-0.39, 0.29) is 11.9 Å². The van der Waals surface area contributed by atoms with Gasteiger partial charge in [0.05, 0.1) is 11.8 Å². The maximum atomic E-state index is 13.1. The first-order valence-electron chi connectivity index (χ1n) is 6.04. The van der Waals surface area contributed by atoms with E-state index in [1.165, 1.54) is 12.1 Å². The van der Waals surface area contributed by atoms with Gasteiger partial charge >= 0.3 is 0 Å². The van der Waals surface area contributed by atoms with E-state index in [0.717, 1.165) is 0 Å². The Hall–Kier alpha value is -2.23. The molecule has 100 valence electrons. The highest BCUT2D eigenvalue weighted by molar-refractivity contribution is 5.56. The van der Waals surface area contributed by atoms with Gasteiger partial charge in [0.15, 0.2) is 0 Å². The maximum absolute atomic E-state index is 13.1. The van der Waals surface area contributed by atoms with Crippen molar-refractivity contribution in [2.24, 2.45) is 0 Å². The van der Waals surface area contributed by atoms with E-state index in [0.29, 0.717) is 22.9 Å². The first kappa shape index (κ1) is 13.2. The minimum Gasteiger partial charge on any atom is -0.489 e. The van der Waals surface area contributed by atoms with Gasteiger partial charge in [-0.2, -0.15) is 0 Å². The Bertz CT molecular complexity index is 570. The summed E-state index contributed by atoms with van der Waals surface area (Å²) in [5.74, 6) is 1.20. The molecule has 4 heteroatoms. The second-order valence-corrected chi connectivity index (χ2v) is 4.43. The van der Waals surface area contributed by atoms with E-state index in [1.807, 2.05) is 13.8 Å². The molecule has 0 heterocycles. The third-order valence-electron chi connectivity index (χ3n) is 2.38. The van der Waals surface area contributed by atoms with E-state index in [4.69, 9.17) is 15.2 Å². The smallest absolute Gasteiger partial charge is 0.146 e. The van der Waals surface area contributed by atoms with Crippen molar-refractivity contribution in [2.75, 3.05) is 5.73 Å². The third kappa shape index (κ3) is 3.61. The number of rotatable bonds is 4. The van der Waals surface area contributed by atoms with Gasteiger partial charge in [0.2, 0.25) is 0 Å². The van der Waals surface area contributed by atoms with Gasteiger partial charge in [-0.25, -0.2) is 4.39 Å². The van der Waals surface area contributed by atoms with Crippen molar-refractivity contribution in [3.8, 4) is 17.2 Å². The monoisotopic (exact) mass is 261 g/mol. The molecule has 0 unspecified atom stereocenters. The number of anilines is 1. The third-order valence-corrected chi connectivity index (χ3v) is 2.38. The van der Waals surface area contributed by atoms with Crippen LogP contribution in [0.5, 0.6) is 17.2 Å². The van der Waals surface area contributed by atoms with Gasteiger partial charge in [0.1, 0.15) is 23.1 Å². The van der Waals surface area contributed by atoms with E-state index < -0.39 is 0 Å². The highest BCUT2D eigenvalue weighted by Crippen LogP contribution is 2.30. The SMILES string of the molecule is CC(C)Oc1cc(Oc2cccc(F)c2)ccc1N. The van der Waals surface area contributed by atoms with Gasteiger partial charge in [0, 0.05) is 12.1 Å². The number of benzene rings is 2. The number of halogens is 1. The molecular weight excluding hydrogens is 245 g/mol. The Morgan fingerprint density at radius 1 is 1.05 bits per heavy atom. The average molecular weight is 261 g/mol. The number of ether oxygens (including phenoxy) is 2. The van der Waals surface area contributed by atoms with Gasteiger partial charge in [-0.1, -0.05) is 6.07 Å². The average Bonchev–Trinajstić information content (AvgIpc) is 2.33. The highest BCUT2D eigenvalue weighted by Gasteiger charge is 2.06. The quantitative estimate of drug-likeness (QED) is 0.846. The number of nitrogen functional groups attached to an aromatic ring is 1. The highest BCUT2D eigenvalue weighted by atomic mass is 19.1. The summed E-state index contributed by atoms with van der Waals surface area (Å²) in [5.41, 5.74) is 6.36. The topological polar surface area (TPSA) is 44.5 Å². The summed E-state index contributed by atoms with van der Waals surface area (Å²) in [4.78, 5) is 0. The van der Waals surface area contributed by atoms with E-state index in [9.17, 15) is 4.39 Å². The largest absolute Gasteiger partial charge is 0.489 e. The second-order valence-electron chi connectivity index (χ2n) is 4.43. The van der Waals surface area contributed by atoms with Gasteiger partial charge in [-0.15, -0.1) is 0 Å². The van der Waals surface area contributed by atoms with Crippen LogP contribution < -0.4 is 15.2 Å². The summed E-state index contributed by atoms with van der Waals surface area (Å²) in [6, 6.07) is 11.1. The summed E-state index contributed by atoms with van der Waals surface area (Å²) in [6.07, 6.45) is 0.0201. The zero-order valence-corrected chi connectivity index (χ0v) is 10.9. The van der Waals surface area contributed by atoms with Crippen molar-refractivity contribution in [1.29, 1.82) is 0 Å². The Balaban J connectivity index is 2.21. The van der Waals surface area contributed by atoms with Gasteiger partial charge in [-0.3, -0.25) is 0 Å². The van der Waals surface area contributed by atoms with Crippen molar-refractivity contribution >= 4 is 5.69 Å². The van der Waals surface area contributed by atoms with Crippen LogP contribution in [0, 0.1) is 5.82 Å². The molecule has 0 aliphatic carbocycles. The number of hydrogen-bond acceptors (Lipinski definition) is 3. The standard InChI is InChI=1S/C15H16FNO2/c1-10(2)18-15-9-13(6-7-14(15)17)19-12-5-3-4-11(16)8-12/h3-10H,17H2,1-2H3. The molecule has 0 amide bonds. The molecule has 0 radical (unpaired) electrons. The zero-order valence-electron chi connectivity index (χ0n) is 10.9. The van der Waals surface area contributed by atoms with Crippen LogP contribution in [0.25, 0.3) is 0 Å². The molecule has 0 spiro atoms. The summed E-state index contributed by atoms with van der Waals surface area (Å²) in [5, 5.41) is 0. The Morgan fingerprint density at radius 2 is 1.79 bits per heavy atom. The second kappa shape index (κ2) is 5.61. The Labute approximate surface area is 111 Å². The van der Waals surface area contributed by atoms with Crippen molar-refractivity contribution in [1.82, 2.24) is 0 Å². The molecule has 0 aromatic heterocycles. The van der Waals surface area contributed by atoms with Crippen LogP contribution in [0.4, 0.5) is 10.1 Å². The van der Waals surface area contributed by atoms with Gasteiger partial charge in [-0.05, 0) is 38.1 Å². The summed E-state index contributed by atoms with van der Waals surface area (Å²) in [7, 11) is 0. The predicted molar refractivity (Wildman–Crippen MR) is 73.1 cm³/mol. The fourth-order valence-electron chi connectivity index (χ4n) is 1.60. The Morgan fingerprint density at radius 3 is 2.47 bits per heavy atom. The molecule has 19 heavy (non-hydrogen) atoms. The summed E-state index contributed by atoms with van der Waals surface area (Å²) < 4.78 is 24.2. The van der Waals surface area contributed by atoms with E-state index in [2.05, 4.69) is 0 Å². The summed E-state index contributed by atoms with van der Waals surface area (Å²) in [6.45, 7) is 3.83. The lowest BCUT2D eigenvalue weighted by atomic mass is 10.2. The van der Waals surface area contributed by atoms with E-state index in [1.54, 1.807) is 30.3 Å². The first-order valence-corrected chi connectivity index (χ1v) is 6.04. The van der Waals surface area contributed by atoms with Gasteiger partial charge in [0.25, 0.3) is 0 Å². The molecule has 2 rings (SSSR count). The lowest BCUT2D eigenvalue weighted by Crippen LogP contribution is -2.07. The molecule has 0 aliphatic heterocycles. The van der Waals surface area contributed by atoms with Crippen LogP contribution in [-0.4, -0.2) is 6.10 Å². The molecule has 0 bridgehead atoms. The minimum absolute atomic E-state index is 0.0201. The van der Waals surface area contributed by atoms with E-state index >= 15 is 0 Å². The predicted octanol–water partition coefficient (Wildman–Crippen LogP) is 3.99. The molecule has 0 aliphatic rings. The molecule has 2 aromatic carbocycles. The van der Waals surface area contributed by atoms with Crippen LogP contribution in [0.2, 0.25) is 0 Å². The minimum atomic E-state index is -0.341. The van der Waals surface area contributed by atoms with Crippen LogP contribution >= 0.6 is 0 Å². The maximum Gasteiger partial charge on any atom is 0.146 e. The molecule has 2 aromatic rings. The van der Waals surface area contributed by atoms with Gasteiger partial charge < -0.3 is 15.2 Å². The lowest BCUT2D eigenvalue weighted by molar-refractivity contribution is 0.243. The first-order chi connectivity index (χ1) is 9.04. The molecule has 2 N–H and O–H groups in total. The zero-order chi connectivity index (χ0) is 13.8.